The van der Waals surface area contributed by atoms with Gasteiger partial charge in [-0.1, -0.05) is 30.3 Å². The van der Waals surface area contributed by atoms with Crippen LogP contribution in [0.3, 0.4) is 0 Å². The average Bonchev–Trinajstić information content (AvgIpc) is 3.14. The van der Waals surface area contributed by atoms with E-state index in [2.05, 4.69) is 34.5 Å². The van der Waals surface area contributed by atoms with E-state index in [1.807, 2.05) is 30.3 Å². The van der Waals surface area contributed by atoms with Crippen LogP contribution in [0.2, 0.25) is 0 Å². The van der Waals surface area contributed by atoms with Crippen LogP contribution in [-0.2, 0) is 11.2 Å². The van der Waals surface area contributed by atoms with Gasteiger partial charge in [0.25, 0.3) is 0 Å². The minimum absolute atomic E-state index is 0.121. The summed E-state index contributed by atoms with van der Waals surface area (Å²) in [4.78, 5) is 14.6. The number of nitrogens with one attached hydrogen (secondary N) is 1. The minimum atomic E-state index is 0.121. The number of aryl methyl sites for hydroxylation is 1. The van der Waals surface area contributed by atoms with E-state index in [1.54, 1.807) is 7.11 Å². The minimum Gasteiger partial charge on any atom is -0.497 e. The van der Waals surface area contributed by atoms with Crippen molar-refractivity contribution in [3.8, 4) is 5.75 Å². The fourth-order valence-electron chi connectivity index (χ4n) is 3.38. The average molecular weight is 338 g/mol. The number of benzene rings is 2. The molecule has 1 heterocycles. The Kier molecular flexibility index (Phi) is 5.94. The summed E-state index contributed by atoms with van der Waals surface area (Å²) in [6.45, 7) is 1.78. The summed E-state index contributed by atoms with van der Waals surface area (Å²) in [6, 6.07) is 18.7. The van der Waals surface area contributed by atoms with Crippen molar-refractivity contribution in [1.82, 2.24) is 5.32 Å². The monoisotopic (exact) mass is 338 g/mol. The first kappa shape index (κ1) is 17.3. The number of hydrogen-bond donors (Lipinski definition) is 1. The van der Waals surface area contributed by atoms with E-state index >= 15 is 0 Å². The summed E-state index contributed by atoms with van der Waals surface area (Å²) in [5.74, 6) is 0.964. The molecule has 1 aliphatic heterocycles. The number of anilines is 1. The van der Waals surface area contributed by atoms with Crippen LogP contribution in [0.25, 0.3) is 0 Å². The smallest absolute Gasteiger partial charge is 0.220 e. The number of carbonyl (C=O) groups excluding carboxylic acids is 1. The maximum atomic E-state index is 12.2. The first-order chi connectivity index (χ1) is 12.3. The fourth-order valence-corrected chi connectivity index (χ4v) is 3.38. The molecule has 0 aromatic heterocycles. The highest BCUT2D eigenvalue weighted by molar-refractivity contribution is 5.76. The van der Waals surface area contributed by atoms with Gasteiger partial charge in [-0.3, -0.25) is 4.79 Å². The number of para-hydroxylation sites is 1. The van der Waals surface area contributed by atoms with Crippen molar-refractivity contribution in [2.45, 2.75) is 31.7 Å². The van der Waals surface area contributed by atoms with Crippen molar-refractivity contribution >= 4 is 11.6 Å². The summed E-state index contributed by atoms with van der Waals surface area (Å²) in [5, 5.41) is 3.11. The Hall–Kier alpha value is -2.49. The number of rotatable bonds is 7. The largest absolute Gasteiger partial charge is 0.497 e. The van der Waals surface area contributed by atoms with Gasteiger partial charge < -0.3 is 15.0 Å². The van der Waals surface area contributed by atoms with Crippen LogP contribution in [0.5, 0.6) is 5.75 Å². The predicted octanol–water partition coefficient (Wildman–Crippen LogP) is 3.41. The molecule has 1 fully saturated rings. The normalized spacial score (nSPS) is 16.7. The van der Waals surface area contributed by atoms with E-state index in [-0.39, 0.29) is 5.91 Å². The summed E-state index contributed by atoms with van der Waals surface area (Å²) >= 11 is 0. The first-order valence-electron chi connectivity index (χ1n) is 8.97. The quantitative estimate of drug-likeness (QED) is 0.841. The molecule has 1 amide bonds. The third kappa shape index (κ3) is 4.75. The Morgan fingerprint density at radius 1 is 1.16 bits per heavy atom. The first-order valence-corrected chi connectivity index (χ1v) is 8.97. The number of amides is 1. The standard InChI is InChI=1S/C21H26N2O2/c1-25-20-12-9-17(10-13-20)11-14-21(24)22-16-19-8-5-15-23(19)18-6-3-2-4-7-18/h2-4,6-7,9-10,12-13,19H,5,8,11,14-16H2,1H3,(H,22,24)/t19-/m0/s1. The zero-order valence-corrected chi connectivity index (χ0v) is 14.8. The molecule has 0 bridgehead atoms. The van der Waals surface area contributed by atoms with E-state index in [1.165, 1.54) is 12.1 Å². The number of hydrogen-bond acceptors (Lipinski definition) is 3. The molecular formula is C21H26N2O2. The van der Waals surface area contributed by atoms with Gasteiger partial charge in [0.15, 0.2) is 0 Å². The van der Waals surface area contributed by atoms with Crippen molar-refractivity contribution in [1.29, 1.82) is 0 Å². The number of methoxy groups -OCH3 is 1. The molecule has 1 atom stereocenters. The number of carbonyl (C=O) groups is 1. The van der Waals surface area contributed by atoms with E-state index < -0.39 is 0 Å². The third-order valence-electron chi connectivity index (χ3n) is 4.80. The molecule has 2 aromatic carbocycles. The van der Waals surface area contributed by atoms with Crippen LogP contribution in [0.15, 0.2) is 54.6 Å². The molecule has 0 unspecified atom stereocenters. The molecule has 25 heavy (non-hydrogen) atoms. The second kappa shape index (κ2) is 8.56. The van der Waals surface area contributed by atoms with Crippen LogP contribution in [0.4, 0.5) is 5.69 Å². The van der Waals surface area contributed by atoms with Crippen LogP contribution in [0.1, 0.15) is 24.8 Å². The molecule has 1 N–H and O–H groups in total. The van der Waals surface area contributed by atoms with E-state index in [4.69, 9.17) is 4.74 Å². The molecule has 0 radical (unpaired) electrons. The third-order valence-corrected chi connectivity index (χ3v) is 4.80. The molecular weight excluding hydrogens is 312 g/mol. The van der Waals surface area contributed by atoms with Gasteiger partial charge >= 0.3 is 0 Å². The zero-order chi connectivity index (χ0) is 17.5. The molecule has 0 aliphatic carbocycles. The van der Waals surface area contributed by atoms with E-state index in [0.29, 0.717) is 12.5 Å². The van der Waals surface area contributed by atoms with Gasteiger partial charge in [-0.25, -0.2) is 0 Å². The molecule has 1 aliphatic rings. The second-order valence-corrected chi connectivity index (χ2v) is 6.48. The molecule has 1 saturated heterocycles. The summed E-state index contributed by atoms with van der Waals surface area (Å²) in [7, 11) is 1.66. The van der Waals surface area contributed by atoms with Crippen LogP contribution in [-0.4, -0.2) is 32.1 Å². The molecule has 0 saturated carbocycles. The van der Waals surface area contributed by atoms with Gasteiger partial charge in [-0.2, -0.15) is 0 Å². The topological polar surface area (TPSA) is 41.6 Å². The lowest BCUT2D eigenvalue weighted by atomic mass is 10.1. The zero-order valence-electron chi connectivity index (χ0n) is 14.8. The van der Waals surface area contributed by atoms with Crippen molar-refractivity contribution < 1.29 is 9.53 Å². The Morgan fingerprint density at radius 2 is 1.92 bits per heavy atom. The van der Waals surface area contributed by atoms with Crippen molar-refractivity contribution in [3.05, 3.63) is 60.2 Å². The second-order valence-electron chi connectivity index (χ2n) is 6.48. The maximum absolute atomic E-state index is 12.2. The molecule has 4 nitrogen and oxygen atoms in total. The Bertz CT molecular complexity index is 670. The number of ether oxygens (including phenoxy) is 1. The van der Waals surface area contributed by atoms with Crippen molar-refractivity contribution in [3.63, 3.8) is 0 Å². The summed E-state index contributed by atoms with van der Waals surface area (Å²) < 4.78 is 5.15. The molecule has 4 heteroatoms. The van der Waals surface area contributed by atoms with E-state index in [0.717, 1.165) is 37.2 Å². The summed E-state index contributed by atoms with van der Waals surface area (Å²) in [6.07, 6.45) is 3.59. The highest BCUT2D eigenvalue weighted by atomic mass is 16.5. The molecule has 132 valence electrons. The highest BCUT2D eigenvalue weighted by Crippen LogP contribution is 2.24. The van der Waals surface area contributed by atoms with Gasteiger partial charge in [-0.05, 0) is 49.1 Å². The van der Waals surface area contributed by atoms with Gasteiger partial charge in [0.2, 0.25) is 5.91 Å². The summed E-state index contributed by atoms with van der Waals surface area (Å²) in [5.41, 5.74) is 2.40. The molecule has 3 rings (SSSR count). The fraction of sp³-hybridized carbons (Fsp3) is 0.381. The van der Waals surface area contributed by atoms with Gasteiger partial charge in [-0.15, -0.1) is 0 Å². The lowest BCUT2D eigenvalue weighted by molar-refractivity contribution is -0.121. The van der Waals surface area contributed by atoms with Gasteiger partial charge in [0.1, 0.15) is 5.75 Å². The lowest BCUT2D eigenvalue weighted by Gasteiger charge is -2.27. The molecule has 2 aromatic rings. The lowest BCUT2D eigenvalue weighted by Crippen LogP contribution is -2.40. The van der Waals surface area contributed by atoms with E-state index in [9.17, 15) is 4.79 Å². The van der Waals surface area contributed by atoms with Crippen LogP contribution in [0, 0.1) is 0 Å². The Labute approximate surface area is 149 Å². The molecule has 0 spiro atoms. The van der Waals surface area contributed by atoms with Crippen molar-refractivity contribution in [2.24, 2.45) is 0 Å². The highest BCUT2D eigenvalue weighted by Gasteiger charge is 2.24. The Morgan fingerprint density at radius 3 is 2.64 bits per heavy atom. The van der Waals surface area contributed by atoms with Crippen LogP contribution < -0.4 is 15.0 Å². The number of nitrogens with zero attached hydrogens (tertiary/aromatic N) is 1. The SMILES string of the molecule is COc1ccc(CCC(=O)NC[C@@H]2CCCN2c2ccccc2)cc1. The Balaban J connectivity index is 1.45. The predicted molar refractivity (Wildman–Crippen MR) is 101 cm³/mol. The van der Waals surface area contributed by atoms with Gasteiger partial charge in [0.05, 0.1) is 7.11 Å². The maximum Gasteiger partial charge on any atom is 0.220 e. The van der Waals surface area contributed by atoms with Crippen molar-refractivity contribution in [2.75, 3.05) is 25.1 Å². The van der Waals surface area contributed by atoms with Gasteiger partial charge in [0, 0.05) is 31.2 Å². The van der Waals surface area contributed by atoms with Crippen LogP contribution >= 0.6 is 0 Å².